The predicted molar refractivity (Wildman–Crippen MR) is 77.6 cm³/mol. The van der Waals surface area contributed by atoms with Crippen molar-refractivity contribution in [2.24, 2.45) is 0 Å². The molecule has 100 valence electrons. The van der Waals surface area contributed by atoms with Crippen LogP contribution in [0.15, 0.2) is 22.7 Å². The Morgan fingerprint density at radius 1 is 1.50 bits per heavy atom. The van der Waals surface area contributed by atoms with Gasteiger partial charge in [0, 0.05) is 23.1 Å². The minimum Gasteiger partial charge on any atom is -0.366 e. The number of nitrogens with zero attached hydrogens (tertiary/aromatic N) is 1. The van der Waals surface area contributed by atoms with Gasteiger partial charge >= 0.3 is 0 Å². The van der Waals surface area contributed by atoms with Crippen LogP contribution < -0.4 is 10.2 Å². The molecule has 0 radical (unpaired) electrons. The predicted octanol–water partition coefficient (Wildman–Crippen LogP) is 3.56. The molecule has 2 atom stereocenters. The van der Waals surface area contributed by atoms with Gasteiger partial charge in [0.05, 0.1) is 5.69 Å². The summed E-state index contributed by atoms with van der Waals surface area (Å²) in [5.41, 5.74) is 0.715. The SMILES string of the molecule is CCNC1CCN(c2cc(Br)ccc2F)C(C)C1. The lowest BCUT2D eigenvalue weighted by molar-refractivity contribution is 0.371. The Kier molecular flexibility index (Phi) is 4.62. The minimum atomic E-state index is -0.132. The number of rotatable bonds is 3. The first-order valence-corrected chi connectivity index (χ1v) is 7.36. The number of benzene rings is 1. The molecule has 0 amide bonds. The van der Waals surface area contributed by atoms with E-state index in [1.54, 1.807) is 6.07 Å². The second-order valence-corrected chi connectivity index (χ2v) is 5.83. The maximum Gasteiger partial charge on any atom is 0.146 e. The molecule has 1 fully saturated rings. The summed E-state index contributed by atoms with van der Waals surface area (Å²) >= 11 is 3.41. The van der Waals surface area contributed by atoms with Crippen LogP contribution in [0.5, 0.6) is 0 Å². The van der Waals surface area contributed by atoms with E-state index in [2.05, 4.69) is 40.0 Å². The van der Waals surface area contributed by atoms with Crippen molar-refractivity contribution in [1.29, 1.82) is 0 Å². The van der Waals surface area contributed by atoms with Crippen molar-refractivity contribution in [3.63, 3.8) is 0 Å². The summed E-state index contributed by atoms with van der Waals surface area (Å²) in [6, 6.07) is 6.08. The topological polar surface area (TPSA) is 15.3 Å². The molecule has 4 heteroatoms. The zero-order chi connectivity index (χ0) is 13.1. The minimum absolute atomic E-state index is 0.132. The summed E-state index contributed by atoms with van der Waals surface area (Å²) in [6.45, 7) is 6.21. The molecule has 1 aliphatic heterocycles. The molecule has 0 bridgehead atoms. The highest BCUT2D eigenvalue weighted by atomic mass is 79.9. The Labute approximate surface area is 117 Å². The summed E-state index contributed by atoms with van der Waals surface area (Å²) in [7, 11) is 0. The quantitative estimate of drug-likeness (QED) is 0.917. The van der Waals surface area contributed by atoms with Gasteiger partial charge in [-0.05, 0) is 44.5 Å². The largest absolute Gasteiger partial charge is 0.366 e. The molecule has 1 heterocycles. The normalized spacial score (nSPS) is 24.3. The third kappa shape index (κ3) is 3.04. The summed E-state index contributed by atoms with van der Waals surface area (Å²) in [6.07, 6.45) is 2.14. The molecule has 1 saturated heterocycles. The van der Waals surface area contributed by atoms with Crippen LogP contribution in [-0.2, 0) is 0 Å². The van der Waals surface area contributed by atoms with Crippen LogP contribution in [0.1, 0.15) is 26.7 Å². The molecule has 2 nitrogen and oxygen atoms in total. The van der Waals surface area contributed by atoms with Gasteiger partial charge < -0.3 is 10.2 Å². The second-order valence-electron chi connectivity index (χ2n) is 4.92. The first-order valence-electron chi connectivity index (χ1n) is 6.57. The highest BCUT2D eigenvalue weighted by Crippen LogP contribution is 2.29. The molecule has 0 aliphatic carbocycles. The van der Waals surface area contributed by atoms with Gasteiger partial charge in [0.25, 0.3) is 0 Å². The Morgan fingerprint density at radius 2 is 2.28 bits per heavy atom. The maximum atomic E-state index is 13.9. The van der Waals surface area contributed by atoms with Gasteiger partial charge in [-0.15, -0.1) is 0 Å². The van der Waals surface area contributed by atoms with E-state index in [0.717, 1.165) is 30.4 Å². The Balaban J connectivity index is 2.12. The second kappa shape index (κ2) is 6.02. The first-order chi connectivity index (χ1) is 8.61. The molecule has 2 unspecified atom stereocenters. The average Bonchev–Trinajstić information content (AvgIpc) is 2.33. The molecule has 1 aromatic rings. The van der Waals surface area contributed by atoms with E-state index in [0.29, 0.717) is 17.8 Å². The molecule has 0 aromatic heterocycles. The highest BCUT2D eigenvalue weighted by molar-refractivity contribution is 9.10. The van der Waals surface area contributed by atoms with Crippen molar-refractivity contribution in [3.05, 3.63) is 28.5 Å². The van der Waals surface area contributed by atoms with E-state index in [4.69, 9.17) is 0 Å². The van der Waals surface area contributed by atoms with Crippen LogP contribution in [0, 0.1) is 5.82 Å². The third-order valence-corrected chi connectivity index (χ3v) is 4.08. The van der Waals surface area contributed by atoms with Gasteiger partial charge in [0.2, 0.25) is 0 Å². The summed E-state index contributed by atoms with van der Waals surface area (Å²) in [5.74, 6) is -0.132. The summed E-state index contributed by atoms with van der Waals surface area (Å²) < 4.78 is 14.8. The summed E-state index contributed by atoms with van der Waals surface area (Å²) in [5, 5.41) is 3.48. The summed E-state index contributed by atoms with van der Waals surface area (Å²) in [4.78, 5) is 2.17. The third-order valence-electron chi connectivity index (χ3n) is 3.59. The van der Waals surface area contributed by atoms with E-state index >= 15 is 0 Å². The molecule has 1 aliphatic rings. The lowest BCUT2D eigenvalue weighted by Gasteiger charge is -2.39. The van der Waals surface area contributed by atoms with Crippen molar-refractivity contribution in [2.75, 3.05) is 18.0 Å². The molecule has 18 heavy (non-hydrogen) atoms. The monoisotopic (exact) mass is 314 g/mol. The van der Waals surface area contributed by atoms with Crippen LogP contribution in [0.2, 0.25) is 0 Å². The zero-order valence-electron chi connectivity index (χ0n) is 10.9. The Morgan fingerprint density at radius 3 is 2.94 bits per heavy atom. The fourth-order valence-electron chi connectivity index (χ4n) is 2.71. The van der Waals surface area contributed by atoms with Crippen molar-refractivity contribution in [1.82, 2.24) is 5.32 Å². The van der Waals surface area contributed by atoms with Crippen LogP contribution in [0.25, 0.3) is 0 Å². The molecule has 1 aromatic carbocycles. The van der Waals surface area contributed by atoms with Crippen molar-refractivity contribution in [3.8, 4) is 0 Å². The number of nitrogens with one attached hydrogen (secondary N) is 1. The molecule has 0 saturated carbocycles. The number of hydrogen-bond acceptors (Lipinski definition) is 2. The van der Waals surface area contributed by atoms with Crippen LogP contribution in [0.3, 0.4) is 0 Å². The fourth-order valence-corrected chi connectivity index (χ4v) is 3.06. The molecule has 0 spiro atoms. The maximum absolute atomic E-state index is 13.9. The number of hydrogen-bond donors (Lipinski definition) is 1. The zero-order valence-corrected chi connectivity index (χ0v) is 12.5. The molecule has 2 rings (SSSR count). The number of halogens is 2. The van der Waals surface area contributed by atoms with Crippen molar-refractivity contribution >= 4 is 21.6 Å². The first kappa shape index (κ1) is 13.8. The Hall–Kier alpha value is -0.610. The van der Waals surface area contributed by atoms with E-state index in [1.807, 2.05) is 6.07 Å². The van der Waals surface area contributed by atoms with Gasteiger partial charge in [0.1, 0.15) is 5.82 Å². The lowest BCUT2D eigenvalue weighted by Crippen LogP contribution is -2.47. The van der Waals surface area contributed by atoms with Crippen LogP contribution in [-0.4, -0.2) is 25.2 Å². The van der Waals surface area contributed by atoms with E-state index in [-0.39, 0.29) is 5.82 Å². The number of piperidine rings is 1. The standard InChI is InChI=1S/C14H20BrFN2/c1-3-17-12-6-7-18(10(2)8-12)14-9-11(15)4-5-13(14)16/h4-5,9-10,12,17H,3,6-8H2,1-2H3. The van der Waals surface area contributed by atoms with Gasteiger partial charge in [-0.1, -0.05) is 22.9 Å². The van der Waals surface area contributed by atoms with Crippen molar-refractivity contribution in [2.45, 2.75) is 38.8 Å². The highest BCUT2D eigenvalue weighted by Gasteiger charge is 2.26. The lowest BCUT2D eigenvalue weighted by atomic mass is 9.97. The van der Waals surface area contributed by atoms with E-state index in [1.165, 1.54) is 6.07 Å². The fraction of sp³-hybridized carbons (Fsp3) is 0.571. The van der Waals surface area contributed by atoms with E-state index < -0.39 is 0 Å². The van der Waals surface area contributed by atoms with Crippen LogP contribution in [0.4, 0.5) is 10.1 Å². The molecular weight excluding hydrogens is 295 g/mol. The molecular formula is C14H20BrFN2. The van der Waals surface area contributed by atoms with Gasteiger partial charge in [-0.3, -0.25) is 0 Å². The van der Waals surface area contributed by atoms with Gasteiger partial charge in [-0.2, -0.15) is 0 Å². The number of anilines is 1. The molecule has 1 N–H and O–H groups in total. The smallest absolute Gasteiger partial charge is 0.146 e. The van der Waals surface area contributed by atoms with E-state index in [9.17, 15) is 4.39 Å². The Bertz CT molecular complexity index is 411. The van der Waals surface area contributed by atoms with Crippen molar-refractivity contribution < 1.29 is 4.39 Å². The van der Waals surface area contributed by atoms with Gasteiger partial charge in [-0.25, -0.2) is 4.39 Å². The van der Waals surface area contributed by atoms with Crippen LogP contribution >= 0.6 is 15.9 Å². The van der Waals surface area contributed by atoms with Gasteiger partial charge in [0.15, 0.2) is 0 Å². The average molecular weight is 315 g/mol.